The Morgan fingerprint density at radius 2 is 2.00 bits per heavy atom. The molecule has 1 aliphatic heterocycles. The van der Waals surface area contributed by atoms with E-state index in [1.807, 2.05) is 43.3 Å². The smallest absolute Gasteiger partial charge is 0.257 e. The molecule has 1 unspecified atom stereocenters. The lowest BCUT2D eigenvalue weighted by molar-refractivity contribution is 0.102. The number of nitrogens with one attached hydrogen (secondary N) is 2. The van der Waals surface area contributed by atoms with E-state index in [-0.39, 0.29) is 5.91 Å². The first-order valence-electron chi connectivity index (χ1n) is 10.4. The third kappa shape index (κ3) is 4.20. The number of carbonyl (C=O) groups is 1. The van der Waals surface area contributed by atoms with E-state index in [9.17, 15) is 9.00 Å². The number of hydrogen-bond donors (Lipinski definition) is 2. The molecule has 7 nitrogen and oxygen atoms in total. The molecule has 4 aromatic rings. The Morgan fingerprint density at radius 3 is 2.79 bits per heavy atom. The zero-order valence-corrected chi connectivity index (χ0v) is 19.3. The molecule has 166 valence electrons. The summed E-state index contributed by atoms with van der Waals surface area (Å²) in [7, 11) is 0. The number of anilines is 2. The van der Waals surface area contributed by atoms with Crippen molar-refractivity contribution in [1.29, 1.82) is 0 Å². The van der Waals surface area contributed by atoms with Crippen LogP contribution in [-0.4, -0.2) is 33.2 Å². The Morgan fingerprint density at radius 1 is 1.12 bits per heavy atom. The highest BCUT2D eigenvalue weighted by molar-refractivity contribution is 7.84. The predicted octanol–water partition coefficient (Wildman–Crippen LogP) is 4.50. The molecule has 1 saturated heterocycles. The van der Waals surface area contributed by atoms with Gasteiger partial charge in [-0.05, 0) is 61.0 Å². The van der Waals surface area contributed by atoms with Crippen LogP contribution in [0.1, 0.15) is 15.9 Å². The number of pyridine rings is 2. The topological polar surface area (TPSA) is 87.2 Å². The van der Waals surface area contributed by atoms with Gasteiger partial charge in [0.05, 0.1) is 27.5 Å². The first kappa shape index (κ1) is 21.5. The van der Waals surface area contributed by atoms with Crippen LogP contribution in [0.4, 0.5) is 11.4 Å². The highest BCUT2D eigenvalue weighted by Gasteiger charge is 2.22. The fourth-order valence-corrected chi connectivity index (χ4v) is 5.08. The average Bonchev–Trinajstić information content (AvgIpc) is 3.25. The lowest BCUT2D eigenvalue weighted by Gasteiger charge is -2.16. The van der Waals surface area contributed by atoms with Crippen LogP contribution in [0.5, 0.6) is 0 Å². The Balaban J connectivity index is 1.43. The first-order valence-corrected chi connectivity index (χ1v) is 11.8. The molecule has 2 aromatic heterocycles. The molecule has 0 aliphatic carbocycles. The van der Waals surface area contributed by atoms with Crippen LogP contribution >= 0.6 is 11.6 Å². The number of amides is 1. The lowest BCUT2D eigenvalue weighted by Crippen LogP contribution is -2.22. The first-order chi connectivity index (χ1) is 16.0. The lowest BCUT2D eigenvalue weighted by atomic mass is 10.0. The van der Waals surface area contributed by atoms with Gasteiger partial charge >= 0.3 is 0 Å². The number of rotatable bonds is 4. The zero-order chi connectivity index (χ0) is 22.9. The standard InChI is InChI=1S/C24H20ClN5O2S/c1-15-4-5-16(13-20(15)23-19-3-2-9-26-22(19)8-10-27-23)29-24(31)18-7-6-17(14-21(18)25)30-12-11-28-33(30)32/h2-10,13-14,28H,11-12H2,1H3,(H,29,31). The molecule has 0 saturated carbocycles. The Bertz CT molecular complexity index is 1410. The quantitative estimate of drug-likeness (QED) is 0.453. The summed E-state index contributed by atoms with van der Waals surface area (Å²) < 4.78 is 16.6. The number of aromatic nitrogens is 2. The monoisotopic (exact) mass is 477 g/mol. The van der Waals surface area contributed by atoms with E-state index in [1.54, 1.807) is 34.9 Å². The van der Waals surface area contributed by atoms with Gasteiger partial charge in [0, 0.05) is 42.1 Å². The molecule has 1 amide bonds. The number of nitrogens with zero attached hydrogens (tertiary/aromatic N) is 3. The van der Waals surface area contributed by atoms with Crippen LogP contribution < -0.4 is 14.3 Å². The van der Waals surface area contributed by atoms with Gasteiger partial charge in [0.1, 0.15) is 0 Å². The summed E-state index contributed by atoms with van der Waals surface area (Å²) in [4.78, 5) is 22.0. The molecule has 2 aromatic carbocycles. The van der Waals surface area contributed by atoms with Crippen molar-refractivity contribution in [3.8, 4) is 11.3 Å². The van der Waals surface area contributed by atoms with Crippen molar-refractivity contribution in [2.24, 2.45) is 0 Å². The normalized spacial score (nSPS) is 15.7. The Hall–Kier alpha value is -3.33. The molecule has 1 atom stereocenters. The van der Waals surface area contributed by atoms with Crippen LogP contribution in [0.2, 0.25) is 5.02 Å². The maximum atomic E-state index is 13.0. The van der Waals surface area contributed by atoms with Gasteiger partial charge < -0.3 is 5.32 Å². The summed E-state index contributed by atoms with van der Waals surface area (Å²) in [5.41, 5.74) is 5.29. The SMILES string of the molecule is Cc1ccc(NC(=O)c2ccc(N3CCNS3=O)cc2Cl)cc1-c1nccc2ncccc12. The Labute approximate surface area is 198 Å². The number of halogens is 1. The zero-order valence-electron chi connectivity index (χ0n) is 17.7. The molecule has 1 aliphatic rings. The minimum atomic E-state index is -1.29. The van der Waals surface area contributed by atoms with Crippen LogP contribution in [-0.2, 0) is 11.2 Å². The highest BCUT2D eigenvalue weighted by Crippen LogP contribution is 2.31. The summed E-state index contributed by atoms with van der Waals surface area (Å²) in [6.07, 6.45) is 3.49. The van der Waals surface area contributed by atoms with Crippen LogP contribution in [0, 0.1) is 6.92 Å². The number of aryl methyl sites for hydroxylation is 1. The third-order valence-corrected chi connectivity index (χ3v) is 7.06. The van der Waals surface area contributed by atoms with Crippen molar-refractivity contribution >= 4 is 51.0 Å². The number of benzene rings is 2. The highest BCUT2D eigenvalue weighted by atomic mass is 35.5. The number of hydrogen-bond acceptors (Lipinski definition) is 4. The maximum absolute atomic E-state index is 13.0. The molecule has 2 N–H and O–H groups in total. The number of carbonyl (C=O) groups excluding carboxylic acids is 1. The summed E-state index contributed by atoms with van der Waals surface area (Å²) in [5, 5.41) is 4.17. The Kier molecular flexibility index (Phi) is 5.80. The van der Waals surface area contributed by atoms with Gasteiger partial charge in [0.15, 0.2) is 11.2 Å². The van der Waals surface area contributed by atoms with E-state index in [1.165, 1.54) is 0 Å². The minimum absolute atomic E-state index is 0.294. The molecule has 5 rings (SSSR count). The summed E-state index contributed by atoms with van der Waals surface area (Å²) >= 11 is 5.12. The van der Waals surface area contributed by atoms with Gasteiger partial charge in [-0.25, -0.2) is 8.93 Å². The fraction of sp³-hybridized carbons (Fsp3) is 0.125. The molecule has 0 radical (unpaired) electrons. The molecule has 1 fully saturated rings. The van der Waals surface area contributed by atoms with Crippen molar-refractivity contribution in [2.45, 2.75) is 6.92 Å². The fourth-order valence-electron chi connectivity index (χ4n) is 3.83. The van der Waals surface area contributed by atoms with E-state index >= 15 is 0 Å². The summed E-state index contributed by atoms with van der Waals surface area (Å²) in [6.45, 7) is 3.24. The number of fused-ring (bicyclic) bond motifs is 1. The van der Waals surface area contributed by atoms with E-state index < -0.39 is 11.2 Å². The van der Waals surface area contributed by atoms with Gasteiger partial charge in [0.25, 0.3) is 5.91 Å². The molecule has 0 bridgehead atoms. The molecule has 3 heterocycles. The third-order valence-electron chi connectivity index (χ3n) is 5.51. The van der Waals surface area contributed by atoms with Crippen LogP contribution in [0.3, 0.4) is 0 Å². The van der Waals surface area contributed by atoms with E-state index in [0.717, 1.165) is 27.7 Å². The van der Waals surface area contributed by atoms with Crippen molar-refractivity contribution in [3.63, 3.8) is 0 Å². The van der Waals surface area contributed by atoms with Crippen molar-refractivity contribution in [3.05, 3.63) is 83.1 Å². The van der Waals surface area contributed by atoms with E-state index in [4.69, 9.17) is 11.6 Å². The predicted molar refractivity (Wildman–Crippen MR) is 133 cm³/mol. The van der Waals surface area contributed by atoms with Crippen molar-refractivity contribution < 1.29 is 9.00 Å². The van der Waals surface area contributed by atoms with Gasteiger partial charge in [0.2, 0.25) is 0 Å². The average molecular weight is 478 g/mol. The summed E-state index contributed by atoms with van der Waals surface area (Å²) in [5.74, 6) is -0.324. The second kappa shape index (κ2) is 8.90. The van der Waals surface area contributed by atoms with Gasteiger partial charge in [-0.2, -0.15) is 0 Å². The molecule has 9 heteroatoms. The van der Waals surface area contributed by atoms with Gasteiger partial charge in [-0.1, -0.05) is 17.7 Å². The van der Waals surface area contributed by atoms with Crippen LogP contribution in [0.15, 0.2) is 67.0 Å². The van der Waals surface area contributed by atoms with Gasteiger partial charge in [-0.15, -0.1) is 0 Å². The molecular formula is C24H20ClN5O2S. The molecule has 0 spiro atoms. The maximum Gasteiger partial charge on any atom is 0.257 e. The summed E-state index contributed by atoms with van der Waals surface area (Å²) in [6, 6.07) is 16.5. The molecular weight excluding hydrogens is 458 g/mol. The second-order valence-electron chi connectivity index (χ2n) is 7.62. The van der Waals surface area contributed by atoms with Crippen molar-refractivity contribution in [2.75, 3.05) is 22.7 Å². The van der Waals surface area contributed by atoms with Gasteiger partial charge in [-0.3, -0.25) is 19.1 Å². The minimum Gasteiger partial charge on any atom is -0.322 e. The largest absolute Gasteiger partial charge is 0.322 e. The van der Waals surface area contributed by atoms with Crippen molar-refractivity contribution in [1.82, 2.24) is 14.7 Å². The second-order valence-corrected chi connectivity index (χ2v) is 9.26. The van der Waals surface area contributed by atoms with E-state index in [2.05, 4.69) is 20.0 Å². The van der Waals surface area contributed by atoms with Crippen LogP contribution in [0.25, 0.3) is 22.2 Å². The molecule has 33 heavy (non-hydrogen) atoms. The van der Waals surface area contributed by atoms with E-state index in [0.29, 0.717) is 35.1 Å².